The Kier molecular flexibility index (Phi) is 5.05. The van der Waals surface area contributed by atoms with Gasteiger partial charge in [-0.2, -0.15) is 13.2 Å². The van der Waals surface area contributed by atoms with Crippen LogP contribution in [0.3, 0.4) is 0 Å². The second kappa shape index (κ2) is 6.25. The summed E-state index contributed by atoms with van der Waals surface area (Å²) in [5.41, 5.74) is -1.81. The van der Waals surface area contributed by atoms with Crippen LogP contribution in [0.1, 0.15) is 31.1 Å². The van der Waals surface area contributed by atoms with E-state index in [0.717, 1.165) is 12.1 Å². The number of para-hydroxylation sites is 1. The first-order chi connectivity index (χ1) is 9.91. The minimum Gasteiger partial charge on any atom is -0.478 e. The van der Waals surface area contributed by atoms with Crippen LogP contribution in [0.5, 0.6) is 0 Å². The average Bonchev–Trinajstić information content (AvgIpc) is 2.32. The third-order valence-corrected chi connectivity index (χ3v) is 2.38. The topological polar surface area (TPSA) is 66.8 Å². The summed E-state index contributed by atoms with van der Waals surface area (Å²) < 4.78 is 43.1. The summed E-state index contributed by atoms with van der Waals surface area (Å²) >= 11 is 0. The Hall–Kier alpha value is -2.25. The van der Waals surface area contributed by atoms with Gasteiger partial charge in [0.15, 0.2) is 0 Å². The van der Waals surface area contributed by atoms with Gasteiger partial charge >= 0.3 is 18.2 Å². The second-order valence-corrected chi connectivity index (χ2v) is 5.50. The van der Waals surface area contributed by atoms with E-state index in [4.69, 9.17) is 9.84 Å². The maximum atomic E-state index is 12.7. The largest absolute Gasteiger partial charge is 0.478 e. The number of amides is 1. The molecule has 122 valence electrons. The van der Waals surface area contributed by atoms with Crippen molar-refractivity contribution in [3.05, 3.63) is 29.8 Å². The van der Waals surface area contributed by atoms with Crippen molar-refractivity contribution < 1.29 is 32.6 Å². The molecule has 5 nitrogen and oxygen atoms in total. The van der Waals surface area contributed by atoms with E-state index in [1.165, 1.54) is 32.9 Å². The van der Waals surface area contributed by atoms with E-state index in [0.29, 0.717) is 0 Å². The summed E-state index contributed by atoms with van der Waals surface area (Å²) in [6.07, 6.45) is -5.97. The molecule has 0 aromatic heterocycles. The molecule has 0 spiro atoms. The molecule has 22 heavy (non-hydrogen) atoms. The number of ether oxygens (including phenoxy) is 1. The van der Waals surface area contributed by atoms with E-state index in [-0.39, 0.29) is 10.6 Å². The zero-order chi connectivity index (χ0) is 17.1. The highest BCUT2D eigenvalue weighted by molar-refractivity contribution is 6.00. The monoisotopic (exact) mass is 319 g/mol. The van der Waals surface area contributed by atoms with Gasteiger partial charge in [0.05, 0.1) is 11.3 Å². The minimum atomic E-state index is -4.71. The van der Waals surface area contributed by atoms with Gasteiger partial charge in [-0.05, 0) is 32.9 Å². The number of carboxylic acids is 1. The highest BCUT2D eigenvalue weighted by Crippen LogP contribution is 2.27. The van der Waals surface area contributed by atoms with Crippen molar-refractivity contribution in [1.82, 2.24) is 0 Å². The van der Waals surface area contributed by atoms with Crippen LogP contribution in [0.15, 0.2) is 24.3 Å². The van der Waals surface area contributed by atoms with Crippen molar-refractivity contribution in [2.45, 2.75) is 32.5 Å². The van der Waals surface area contributed by atoms with Crippen molar-refractivity contribution >= 4 is 17.7 Å². The third-order valence-electron chi connectivity index (χ3n) is 2.38. The normalized spacial score (nSPS) is 11.9. The van der Waals surface area contributed by atoms with Gasteiger partial charge in [-0.25, -0.2) is 9.59 Å². The molecule has 0 bridgehead atoms. The molecule has 0 heterocycles. The molecule has 0 saturated heterocycles. The van der Waals surface area contributed by atoms with Crippen molar-refractivity contribution in [3.8, 4) is 0 Å². The van der Waals surface area contributed by atoms with E-state index in [1.807, 2.05) is 0 Å². The van der Waals surface area contributed by atoms with Gasteiger partial charge in [0.25, 0.3) is 0 Å². The first-order valence-electron chi connectivity index (χ1n) is 6.30. The van der Waals surface area contributed by atoms with Crippen LogP contribution >= 0.6 is 0 Å². The molecule has 1 N–H and O–H groups in total. The number of rotatable bonds is 3. The molecule has 0 radical (unpaired) electrons. The number of carbonyl (C=O) groups is 2. The molecule has 1 rings (SSSR count). The van der Waals surface area contributed by atoms with Crippen LogP contribution in [-0.4, -0.2) is 35.5 Å². The zero-order valence-corrected chi connectivity index (χ0v) is 12.3. The smallest absolute Gasteiger partial charge is 0.415 e. The average molecular weight is 319 g/mol. The molecule has 0 aliphatic rings. The predicted molar refractivity (Wildman–Crippen MR) is 73.0 cm³/mol. The quantitative estimate of drug-likeness (QED) is 0.922. The lowest BCUT2D eigenvalue weighted by molar-refractivity contribution is -0.119. The number of hydrogen-bond acceptors (Lipinski definition) is 3. The van der Waals surface area contributed by atoms with Crippen LogP contribution in [-0.2, 0) is 4.74 Å². The molecular formula is C14H16F3NO4. The van der Waals surface area contributed by atoms with E-state index >= 15 is 0 Å². The number of alkyl halides is 3. The van der Waals surface area contributed by atoms with Gasteiger partial charge in [-0.1, -0.05) is 12.1 Å². The Balaban J connectivity index is 3.27. The van der Waals surface area contributed by atoms with Gasteiger partial charge in [-0.15, -0.1) is 0 Å². The Morgan fingerprint density at radius 2 is 1.73 bits per heavy atom. The van der Waals surface area contributed by atoms with Gasteiger partial charge in [0, 0.05) is 0 Å². The first kappa shape index (κ1) is 17.8. The van der Waals surface area contributed by atoms with Gasteiger partial charge < -0.3 is 9.84 Å². The molecule has 0 unspecified atom stereocenters. The molecule has 1 aromatic carbocycles. The molecule has 1 aromatic rings. The third kappa shape index (κ3) is 5.27. The van der Waals surface area contributed by atoms with Crippen molar-refractivity contribution in [3.63, 3.8) is 0 Å². The standard InChI is InChI=1S/C14H16F3NO4/c1-13(2,3)22-12(21)18(8-14(15,16)17)10-7-5-4-6-9(10)11(19)20/h4-7H,8H2,1-3H3,(H,19,20). The Morgan fingerprint density at radius 1 is 1.18 bits per heavy atom. The first-order valence-corrected chi connectivity index (χ1v) is 6.30. The summed E-state index contributed by atoms with van der Waals surface area (Å²) in [4.78, 5) is 23.4. The predicted octanol–water partition coefficient (Wildman–Crippen LogP) is 3.69. The molecule has 1 amide bonds. The van der Waals surface area contributed by atoms with Crippen LogP contribution in [0.25, 0.3) is 0 Å². The second-order valence-electron chi connectivity index (χ2n) is 5.50. The van der Waals surface area contributed by atoms with Crippen molar-refractivity contribution in [2.24, 2.45) is 0 Å². The number of nitrogens with zero attached hydrogens (tertiary/aromatic N) is 1. The fourth-order valence-electron chi connectivity index (χ4n) is 1.63. The summed E-state index contributed by atoms with van der Waals surface area (Å²) in [5, 5.41) is 9.07. The summed E-state index contributed by atoms with van der Waals surface area (Å²) in [6, 6.07) is 4.94. The van der Waals surface area contributed by atoms with Crippen LogP contribution in [0, 0.1) is 0 Å². The zero-order valence-electron chi connectivity index (χ0n) is 12.3. The molecule has 8 heteroatoms. The Morgan fingerprint density at radius 3 is 2.18 bits per heavy atom. The molecular weight excluding hydrogens is 303 g/mol. The minimum absolute atomic E-state index is 0.273. The van der Waals surface area contributed by atoms with Crippen LogP contribution < -0.4 is 4.90 Å². The number of benzene rings is 1. The lowest BCUT2D eigenvalue weighted by Crippen LogP contribution is -2.43. The number of halogens is 3. The summed E-state index contributed by atoms with van der Waals surface area (Å²) in [5.74, 6) is -1.44. The van der Waals surface area contributed by atoms with Crippen LogP contribution in [0.2, 0.25) is 0 Å². The van der Waals surface area contributed by atoms with Gasteiger partial charge in [0.2, 0.25) is 0 Å². The number of hydrogen-bond donors (Lipinski definition) is 1. The van der Waals surface area contributed by atoms with Gasteiger partial charge in [0.1, 0.15) is 12.1 Å². The van der Waals surface area contributed by atoms with Crippen LogP contribution in [0.4, 0.5) is 23.7 Å². The molecule has 0 atom stereocenters. The van der Waals surface area contributed by atoms with Crippen molar-refractivity contribution in [2.75, 3.05) is 11.4 Å². The molecule has 0 saturated carbocycles. The number of carboxylic acid groups (broad SMARTS) is 1. The van der Waals surface area contributed by atoms with E-state index < -0.39 is 35.9 Å². The maximum absolute atomic E-state index is 12.7. The van der Waals surface area contributed by atoms with E-state index in [2.05, 4.69) is 0 Å². The number of anilines is 1. The molecule has 0 aliphatic heterocycles. The van der Waals surface area contributed by atoms with Gasteiger partial charge in [-0.3, -0.25) is 4.90 Å². The van der Waals surface area contributed by atoms with E-state index in [1.54, 1.807) is 0 Å². The summed E-state index contributed by atoms with van der Waals surface area (Å²) in [6.45, 7) is 2.85. The lowest BCUT2D eigenvalue weighted by atomic mass is 10.1. The highest BCUT2D eigenvalue weighted by atomic mass is 19.4. The SMILES string of the molecule is CC(C)(C)OC(=O)N(CC(F)(F)F)c1ccccc1C(=O)O. The lowest BCUT2D eigenvalue weighted by Gasteiger charge is -2.28. The van der Waals surface area contributed by atoms with Crippen molar-refractivity contribution in [1.29, 1.82) is 0 Å². The number of carbonyl (C=O) groups excluding carboxylic acids is 1. The Bertz CT molecular complexity index is 564. The maximum Gasteiger partial charge on any atom is 0.415 e. The summed E-state index contributed by atoms with van der Waals surface area (Å²) in [7, 11) is 0. The highest BCUT2D eigenvalue weighted by Gasteiger charge is 2.37. The fraction of sp³-hybridized carbons (Fsp3) is 0.429. The molecule has 0 fully saturated rings. The molecule has 0 aliphatic carbocycles. The fourth-order valence-corrected chi connectivity index (χ4v) is 1.63. The number of aromatic carboxylic acids is 1. The van der Waals surface area contributed by atoms with E-state index in [9.17, 15) is 22.8 Å². The Labute approximate surface area is 125 Å².